The van der Waals surface area contributed by atoms with Gasteiger partial charge in [0.25, 0.3) is 0 Å². The number of benzene rings is 4. The van der Waals surface area contributed by atoms with Gasteiger partial charge in [0.2, 0.25) is 0 Å². The third-order valence-corrected chi connectivity index (χ3v) is 4.93. The van der Waals surface area contributed by atoms with E-state index in [1.807, 2.05) is 18.2 Å². The molecule has 0 saturated heterocycles. The second kappa shape index (κ2) is 4.87. The highest BCUT2D eigenvalue weighted by atomic mass is 16.5. The van der Waals surface area contributed by atoms with Gasteiger partial charge in [-0.15, -0.1) is 0 Å². The summed E-state index contributed by atoms with van der Waals surface area (Å²) in [5.41, 5.74) is 4.22. The first kappa shape index (κ1) is 14.1. The maximum absolute atomic E-state index is 9.75. The molecule has 120 valence electrons. The summed E-state index contributed by atoms with van der Waals surface area (Å²) in [7, 11) is 0. The first-order chi connectivity index (χ1) is 12.1. The average molecular weight is 324 g/mol. The molecule has 2 nitrogen and oxygen atoms in total. The predicted octanol–water partition coefficient (Wildman–Crippen LogP) is 6.17. The van der Waals surface area contributed by atoms with E-state index in [0.717, 1.165) is 49.7 Å². The van der Waals surface area contributed by atoms with Gasteiger partial charge in [-0.05, 0) is 53.6 Å². The summed E-state index contributed by atoms with van der Waals surface area (Å²) < 4.78 is 6.41. The Morgan fingerprint density at radius 3 is 2.04 bits per heavy atom. The zero-order valence-electron chi connectivity index (χ0n) is 13.8. The lowest BCUT2D eigenvalue weighted by Crippen LogP contribution is -2.03. The Morgan fingerprint density at radius 1 is 0.760 bits per heavy atom. The number of phenols is 1. The van der Waals surface area contributed by atoms with E-state index in [1.54, 1.807) is 12.1 Å². The van der Waals surface area contributed by atoms with Gasteiger partial charge in [0.1, 0.15) is 17.2 Å². The molecule has 1 N–H and O–H groups in total. The average Bonchev–Trinajstić information content (AvgIpc) is 2.61. The van der Waals surface area contributed by atoms with E-state index >= 15 is 0 Å². The van der Waals surface area contributed by atoms with E-state index in [0.29, 0.717) is 0 Å². The van der Waals surface area contributed by atoms with Gasteiger partial charge >= 0.3 is 0 Å². The molecule has 0 atom stereocenters. The molecule has 4 aromatic rings. The first-order valence-electron chi connectivity index (χ1n) is 8.28. The van der Waals surface area contributed by atoms with Crippen molar-refractivity contribution >= 4 is 27.1 Å². The van der Waals surface area contributed by atoms with Crippen LogP contribution >= 0.6 is 0 Å². The fraction of sp³-hybridized carbons (Fsp3) is 0.0435. The van der Waals surface area contributed by atoms with Crippen LogP contribution in [0.2, 0.25) is 0 Å². The van der Waals surface area contributed by atoms with Crippen LogP contribution in [0.1, 0.15) is 16.7 Å². The van der Waals surface area contributed by atoms with Crippen LogP contribution in [0.15, 0.2) is 67.2 Å². The van der Waals surface area contributed by atoms with E-state index in [4.69, 9.17) is 4.74 Å². The molecule has 0 bridgehead atoms. The zero-order valence-corrected chi connectivity index (χ0v) is 13.8. The molecule has 4 aromatic carbocycles. The molecular weight excluding hydrogens is 308 g/mol. The van der Waals surface area contributed by atoms with E-state index in [1.165, 1.54) is 5.56 Å². The molecule has 0 amide bonds. The molecule has 0 spiro atoms. The van der Waals surface area contributed by atoms with Crippen LogP contribution in [-0.2, 0) is 0 Å². The molecular formula is C23H16O2. The van der Waals surface area contributed by atoms with Crippen molar-refractivity contribution in [3.63, 3.8) is 0 Å². The van der Waals surface area contributed by atoms with Crippen molar-refractivity contribution in [3.8, 4) is 17.2 Å². The molecule has 0 aromatic heterocycles. The van der Waals surface area contributed by atoms with Gasteiger partial charge in [-0.1, -0.05) is 42.5 Å². The van der Waals surface area contributed by atoms with E-state index in [-0.39, 0.29) is 5.75 Å². The van der Waals surface area contributed by atoms with Gasteiger partial charge in [-0.3, -0.25) is 0 Å². The summed E-state index contributed by atoms with van der Waals surface area (Å²) in [6, 6.07) is 19.9. The molecule has 1 aliphatic heterocycles. The van der Waals surface area contributed by atoms with Crippen molar-refractivity contribution in [1.29, 1.82) is 0 Å². The van der Waals surface area contributed by atoms with Gasteiger partial charge in [0.05, 0.1) is 0 Å². The molecule has 0 saturated carbocycles. The summed E-state index contributed by atoms with van der Waals surface area (Å²) in [6.07, 6.45) is 0. The highest BCUT2D eigenvalue weighted by Gasteiger charge is 2.24. The third-order valence-electron chi connectivity index (χ3n) is 4.93. The van der Waals surface area contributed by atoms with Crippen LogP contribution in [0.4, 0.5) is 0 Å². The monoisotopic (exact) mass is 324 g/mol. The van der Waals surface area contributed by atoms with Gasteiger partial charge in [-0.2, -0.15) is 0 Å². The van der Waals surface area contributed by atoms with E-state index in [2.05, 4.69) is 43.8 Å². The molecule has 5 rings (SSSR count). The first-order valence-corrected chi connectivity index (χ1v) is 8.28. The van der Waals surface area contributed by atoms with Gasteiger partial charge in [0.15, 0.2) is 0 Å². The van der Waals surface area contributed by atoms with Crippen LogP contribution in [-0.4, -0.2) is 5.11 Å². The Bertz CT molecular complexity index is 1110. The fourth-order valence-electron chi connectivity index (χ4n) is 3.65. The molecule has 1 heterocycles. The van der Waals surface area contributed by atoms with Gasteiger partial charge in [0, 0.05) is 21.9 Å². The number of hydrogen-bond donors (Lipinski definition) is 1. The quantitative estimate of drug-likeness (QED) is 0.369. The molecule has 1 aliphatic rings. The number of hydrogen-bond acceptors (Lipinski definition) is 2. The summed E-state index contributed by atoms with van der Waals surface area (Å²) in [4.78, 5) is 0. The lowest BCUT2D eigenvalue weighted by atomic mass is 9.90. The lowest BCUT2D eigenvalue weighted by molar-refractivity contribution is 0.475. The Labute approximate surface area is 145 Å². The number of aryl methyl sites for hydroxylation is 1. The Morgan fingerprint density at radius 2 is 1.36 bits per heavy atom. The number of rotatable bonds is 0. The highest BCUT2D eigenvalue weighted by molar-refractivity contribution is 6.03. The number of fused-ring (bicyclic) bond motifs is 6. The molecule has 0 unspecified atom stereocenters. The minimum Gasteiger partial charge on any atom is -0.508 e. The van der Waals surface area contributed by atoms with Crippen molar-refractivity contribution < 1.29 is 9.84 Å². The maximum Gasteiger partial charge on any atom is 0.143 e. The molecule has 0 aliphatic carbocycles. The SMILES string of the molecule is C=C1c2ccc3cc(C)ccc3c2Oc2c1ccc1cc(O)ccc21. The zero-order chi connectivity index (χ0) is 17.1. The van der Waals surface area contributed by atoms with E-state index < -0.39 is 0 Å². The normalized spacial score (nSPS) is 12.8. The second-order valence-electron chi connectivity index (χ2n) is 6.60. The largest absolute Gasteiger partial charge is 0.508 e. The summed E-state index contributed by atoms with van der Waals surface area (Å²) in [6.45, 7) is 6.41. The number of aromatic hydroxyl groups is 1. The minimum atomic E-state index is 0.253. The van der Waals surface area contributed by atoms with Crippen LogP contribution in [0.25, 0.3) is 27.1 Å². The van der Waals surface area contributed by atoms with Crippen LogP contribution in [0.3, 0.4) is 0 Å². The van der Waals surface area contributed by atoms with Gasteiger partial charge in [-0.25, -0.2) is 0 Å². The summed E-state index contributed by atoms with van der Waals surface area (Å²) in [5.74, 6) is 1.92. The topological polar surface area (TPSA) is 29.5 Å². The third kappa shape index (κ3) is 1.97. The van der Waals surface area contributed by atoms with Gasteiger partial charge < -0.3 is 9.84 Å². The smallest absolute Gasteiger partial charge is 0.143 e. The van der Waals surface area contributed by atoms with Crippen molar-refractivity contribution in [2.45, 2.75) is 6.92 Å². The summed E-state index contributed by atoms with van der Waals surface area (Å²) in [5, 5.41) is 13.9. The van der Waals surface area contributed by atoms with Crippen LogP contribution in [0.5, 0.6) is 17.2 Å². The second-order valence-corrected chi connectivity index (χ2v) is 6.60. The van der Waals surface area contributed by atoms with E-state index in [9.17, 15) is 5.11 Å². The summed E-state index contributed by atoms with van der Waals surface area (Å²) >= 11 is 0. The fourth-order valence-corrected chi connectivity index (χ4v) is 3.65. The molecule has 0 fully saturated rings. The van der Waals surface area contributed by atoms with Crippen molar-refractivity contribution in [2.75, 3.05) is 0 Å². The molecule has 0 radical (unpaired) electrons. The molecule has 25 heavy (non-hydrogen) atoms. The maximum atomic E-state index is 9.75. The van der Waals surface area contributed by atoms with Crippen molar-refractivity contribution in [1.82, 2.24) is 0 Å². The number of phenolic OH excluding ortho intramolecular Hbond substituents is 1. The van der Waals surface area contributed by atoms with Crippen LogP contribution < -0.4 is 4.74 Å². The predicted molar refractivity (Wildman–Crippen MR) is 103 cm³/mol. The Kier molecular flexibility index (Phi) is 2.75. The highest BCUT2D eigenvalue weighted by Crippen LogP contribution is 2.49. The van der Waals surface area contributed by atoms with Crippen LogP contribution in [0, 0.1) is 6.92 Å². The Balaban J connectivity index is 1.83. The Hall–Kier alpha value is -3.26. The molecule has 2 heteroatoms. The lowest BCUT2D eigenvalue weighted by Gasteiger charge is -2.25. The van der Waals surface area contributed by atoms with Crippen molar-refractivity contribution in [3.05, 3.63) is 83.9 Å². The standard InChI is InChI=1S/C23H16O2/c1-13-3-7-20-15(11-13)4-8-18-14(2)19-9-5-16-12-17(24)6-10-21(16)23(19)25-22(18)20/h3-12,24H,2H2,1H3. The minimum absolute atomic E-state index is 0.253. The van der Waals surface area contributed by atoms with Crippen molar-refractivity contribution in [2.24, 2.45) is 0 Å². The number of ether oxygens (including phenoxy) is 1.